The molecule has 1 aromatic heterocycles. The van der Waals surface area contributed by atoms with E-state index in [0.717, 1.165) is 31.0 Å². The number of aromatic amines is 1. The summed E-state index contributed by atoms with van der Waals surface area (Å²) in [4.78, 5) is 14.1. The van der Waals surface area contributed by atoms with Gasteiger partial charge in [-0.3, -0.25) is 9.89 Å². The van der Waals surface area contributed by atoms with Crippen LogP contribution in [0.3, 0.4) is 0 Å². The lowest BCUT2D eigenvalue weighted by Crippen LogP contribution is -2.33. The molecule has 2 heterocycles. The number of amides is 1. The van der Waals surface area contributed by atoms with Crippen molar-refractivity contribution >= 4 is 5.91 Å². The summed E-state index contributed by atoms with van der Waals surface area (Å²) < 4.78 is 5.34. The van der Waals surface area contributed by atoms with E-state index in [9.17, 15) is 4.79 Å². The molecule has 16 heavy (non-hydrogen) atoms. The van der Waals surface area contributed by atoms with Crippen LogP contribution in [0.1, 0.15) is 28.2 Å². The van der Waals surface area contributed by atoms with Crippen molar-refractivity contribution in [2.75, 3.05) is 26.3 Å². The molecule has 1 N–H and O–H groups in total. The molecular formula is C11H17N3O2. The van der Waals surface area contributed by atoms with Gasteiger partial charge >= 0.3 is 0 Å². The number of H-pyrrole nitrogens is 1. The molecule has 0 spiro atoms. The van der Waals surface area contributed by atoms with Gasteiger partial charge in [0.05, 0.1) is 17.9 Å². The molecule has 0 radical (unpaired) electrons. The molecule has 5 nitrogen and oxygen atoms in total. The summed E-state index contributed by atoms with van der Waals surface area (Å²) in [6.45, 7) is 6.53. The summed E-state index contributed by atoms with van der Waals surface area (Å²) in [5.41, 5.74) is 2.32. The number of carbonyl (C=O) groups is 1. The highest BCUT2D eigenvalue weighted by molar-refractivity contribution is 5.96. The van der Waals surface area contributed by atoms with E-state index < -0.39 is 0 Å². The first-order valence-electron chi connectivity index (χ1n) is 5.58. The minimum atomic E-state index is 0.0641. The van der Waals surface area contributed by atoms with Crippen molar-refractivity contribution in [2.45, 2.75) is 20.3 Å². The Morgan fingerprint density at radius 2 is 2.19 bits per heavy atom. The number of hydrogen-bond donors (Lipinski definition) is 1. The fraction of sp³-hybridized carbons (Fsp3) is 0.636. The van der Waals surface area contributed by atoms with E-state index in [1.165, 1.54) is 0 Å². The molecule has 0 aromatic carbocycles. The van der Waals surface area contributed by atoms with Crippen molar-refractivity contribution in [1.29, 1.82) is 0 Å². The molecular weight excluding hydrogens is 206 g/mol. The molecule has 1 amide bonds. The van der Waals surface area contributed by atoms with Gasteiger partial charge in [0.15, 0.2) is 0 Å². The van der Waals surface area contributed by atoms with E-state index in [1.807, 2.05) is 18.7 Å². The molecule has 0 saturated carbocycles. The minimum Gasteiger partial charge on any atom is -0.380 e. The number of nitrogens with zero attached hydrogens (tertiary/aromatic N) is 2. The maximum absolute atomic E-state index is 12.3. The van der Waals surface area contributed by atoms with E-state index in [2.05, 4.69) is 10.2 Å². The summed E-state index contributed by atoms with van der Waals surface area (Å²) in [5, 5.41) is 6.90. The van der Waals surface area contributed by atoms with Crippen LogP contribution in [-0.2, 0) is 4.74 Å². The van der Waals surface area contributed by atoms with Crippen LogP contribution in [0.5, 0.6) is 0 Å². The predicted octanol–water partition coefficient (Wildman–Crippen LogP) is 0.889. The van der Waals surface area contributed by atoms with Gasteiger partial charge in [0.1, 0.15) is 0 Å². The first-order valence-corrected chi connectivity index (χ1v) is 5.58. The summed E-state index contributed by atoms with van der Waals surface area (Å²) in [5.74, 6) is 0.0641. The summed E-state index contributed by atoms with van der Waals surface area (Å²) in [6, 6.07) is 0. The Kier molecular flexibility index (Phi) is 3.24. The standard InChI is InChI=1S/C11H17N3O2/c1-8-10(9(2)13-12-8)11(15)14-4-3-6-16-7-5-14/h3-7H2,1-2H3,(H,12,13). The molecule has 0 aliphatic carbocycles. The molecule has 0 atom stereocenters. The number of nitrogens with one attached hydrogen (secondary N) is 1. The quantitative estimate of drug-likeness (QED) is 0.769. The average Bonchev–Trinajstić information content (AvgIpc) is 2.51. The van der Waals surface area contributed by atoms with Crippen LogP contribution in [0.4, 0.5) is 0 Å². The predicted molar refractivity (Wildman–Crippen MR) is 59.4 cm³/mol. The van der Waals surface area contributed by atoms with Gasteiger partial charge in [0, 0.05) is 25.4 Å². The van der Waals surface area contributed by atoms with Gasteiger partial charge in [0.2, 0.25) is 0 Å². The van der Waals surface area contributed by atoms with Gasteiger partial charge in [-0.2, -0.15) is 5.10 Å². The highest BCUT2D eigenvalue weighted by Crippen LogP contribution is 2.13. The van der Waals surface area contributed by atoms with Gasteiger partial charge in [-0.05, 0) is 20.3 Å². The third-order valence-corrected chi connectivity index (χ3v) is 2.85. The zero-order chi connectivity index (χ0) is 11.5. The lowest BCUT2D eigenvalue weighted by molar-refractivity contribution is 0.0740. The Bertz CT molecular complexity index is 359. The van der Waals surface area contributed by atoms with Crippen LogP contribution >= 0.6 is 0 Å². The van der Waals surface area contributed by atoms with E-state index >= 15 is 0 Å². The lowest BCUT2D eigenvalue weighted by atomic mass is 10.1. The molecule has 1 saturated heterocycles. The van der Waals surface area contributed by atoms with Crippen molar-refractivity contribution in [1.82, 2.24) is 15.1 Å². The van der Waals surface area contributed by atoms with Crippen LogP contribution in [0.15, 0.2) is 0 Å². The number of hydrogen-bond acceptors (Lipinski definition) is 3. The molecule has 1 fully saturated rings. The maximum atomic E-state index is 12.3. The highest BCUT2D eigenvalue weighted by Gasteiger charge is 2.22. The molecule has 1 aromatic rings. The van der Waals surface area contributed by atoms with Crippen LogP contribution in [-0.4, -0.2) is 47.3 Å². The normalized spacial score (nSPS) is 17.2. The zero-order valence-corrected chi connectivity index (χ0v) is 9.75. The summed E-state index contributed by atoms with van der Waals surface area (Å²) in [6.07, 6.45) is 0.904. The first kappa shape index (κ1) is 11.1. The molecule has 0 bridgehead atoms. The Morgan fingerprint density at radius 3 is 2.88 bits per heavy atom. The van der Waals surface area contributed by atoms with Crippen molar-refractivity contribution in [3.05, 3.63) is 17.0 Å². The van der Waals surface area contributed by atoms with Crippen molar-refractivity contribution in [2.24, 2.45) is 0 Å². The second-order valence-corrected chi connectivity index (χ2v) is 4.07. The van der Waals surface area contributed by atoms with Crippen molar-refractivity contribution < 1.29 is 9.53 Å². The smallest absolute Gasteiger partial charge is 0.257 e. The van der Waals surface area contributed by atoms with Gasteiger partial charge in [-0.15, -0.1) is 0 Å². The number of aromatic nitrogens is 2. The van der Waals surface area contributed by atoms with E-state index in [4.69, 9.17) is 4.74 Å². The highest BCUT2D eigenvalue weighted by atomic mass is 16.5. The van der Waals surface area contributed by atoms with Crippen molar-refractivity contribution in [3.63, 3.8) is 0 Å². The maximum Gasteiger partial charge on any atom is 0.257 e. The molecule has 1 aliphatic rings. The van der Waals surface area contributed by atoms with E-state index in [1.54, 1.807) is 0 Å². The number of ether oxygens (including phenoxy) is 1. The van der Waals surface area contributed by atoms with Crippen LogP contribution in [0, 0.1) is 13.8 Å². The topological polar surface area (TPSA) is 58.2 Å². The lowest BCUT2D eigenvalue weighted by Gasteiger charge is -2.19. The largest absolute Gasteiger partial charge is 0.380 e. The third-order valence-electron chi connectivity index (χ3n) is 2.85. The van der Waals surface area contributed by atoms with Crippen LogP contribution < -0.4 is 0 Å². The number of carbonyl (C=O) groups excluding carboxylic acids is 1. The average molecular weight is 223 g/mol. The zero-order valence-electron chi connectivity index (χ0n) is 9.75. The molecule has 1 aliphatic heterocycles. The van der Waals surface area contributed by atoms with Crippen LogP contribution in [0.25, 0.3) is 0 Å². The molecule has 88 valence electrons. The Balaban J connectivity index is 2.17. The van der Waals surface area contributed by atoms with Gasteiger partial charge in [-0.25, -0.2) is 0 Å². The number of rotatable bonds is 1. The molecule has 0 unspecified atom stereocenters. The monoisotopic (exact) mass is 223 g/mol. The second-order valence-electron chi connectivity index (χ2n) is 4.07. The van der Waals surface area contributed by atoms with Crippen LogP contribution in [0.2, 0.25) is 0 Å². The summed E-state index contributed by atoms with van der Waals surface area (Å²) >= 11 is 0. The van der Waals surface area contributed by atoms with E-state index in [0.29, 0.717) is 18.7 Å². The first-order chi connectivity index (χ1) is 7.70. The van der Waals surface area contributed by atoms with E-state index in [-0.39, 0.29) is 5.91 Å². The third kappa shape index (κ3) is 2.09. The Morgan fingerprint density at radius 1 is 1.38 bits per heavy atom. The fourth-order valence-corrected chi connectivity index (χ4v) is 1.97. The van der Waals surface area contributed by atoms with Gasteiger partial charge in [0.25, 0.3) is 5.91 Å². The fourth-order valence-electron chi connectivity index (χ4n) is 1.97. The molecule has 2 rings (SSSR count). The number of aryl methyl sites for hydroxylation is 2. The Labute approximate surface area is 94.8 Å². The minimum absolute atomic E-state index is 0.0641. The van der Waals surface area contributed by atoms with Gasteiger partial charge in [-0.1, -0.05) is 0 Å². The van der Waals surface area contributed by atoms with Crippen molar-refractivity contribution in [3.8, 4) is 0 Å². The second kappa shape index (κ2) is 4.65. The SMILES string of the molecule is Cc1n[nH]c(C)c1C(=O)N1CCCOCC1. The molecule has 5 heteroatoms. The summed E-state index contributed by atoms with van der Waals surface area (Å²) in [7, 11) is 0. The van der Waals surface area contributed by atoms with Gasteiger partial charge < -0.3 is 9.64 Å². The Hall–Kier alpha value is -1.36.